The van der Waals surface area contributed by atoms with Crippen molar-refractivity contribution in [2.24, 2.45) is 5.41 Å². The van der Waals surface area contributed by atoms with E-state index in [2.05, 4.69) is 10.6 Å². The summed E-state index contributed by atoms with van der Waals surface area (Å²) in [7, 11) is 0. The molecule has 0 saturated carbocycles. The summed E-state index contributed by atoms with van der Waals surface area (Å²) in [5.41, 5.74) is 0.752. The maximum absolute atomic E-state index is 11.9. The summed E-state index contributed by atoms with van der Waals surface area (Å²) >= 11 is 5.73. The smallest absolute Gasteiger partial charge is 0.231 e. The van der Waals surface area contributed by atoms with Crippen molar-refractivity contribution in [2.75, 3.05) is 16.5 Å². The zero-order chi connectivity index (χ0) is 13.8. The van der Waals surface area contributed by atoms with Crippen molar-refractivity contribution in [1.29, 1.82) is 0 Å². The quantitative estimate of drug-likeness (QED) is 0.825. The van der Waals surface area contributed by atoms with Crippen LogP contribution in [0.5, 0.6) is 0 Å². The fourth-order valence-electron chi connectivity index (χ4n) is 1.20. The molecule has 0 atom stereocenters. The van der Waals surface area contributed by atoms with E-state index in [1.165, 1.54) is 6.92 Å². The molecular weight excluding hydrogens is 252 g/mol. The van der Waals surface area contributed by atoms with Crippen LogP contribution in [0, 0.1) is 5.41 Å². The highest BCUT2D eigenvalue weighted by atomic mass is 35.5. The van der Waals surface area contributed by atoms with Crippen LogP contribution in [-0.4, -0.2) is 17.7 Å². The van der Waals surface area contributed by atoms with Gasteiger partial charge in [-0.3, -0.25) is 9.59 Å². The van der Waals surface area contributed by atoms with Gasteiger partial charge in [-0.1, -0.05) is 0 Å². The summed E-state index contributed by atoms with van der Waals surface area (Å²) in [6.45, 7) is 5.00. The molecule has 0 bridgehead atoms. The SMILES string of the molecule is CC(=O)Nc1ccc(NC(=O)C(C)(C)CCl)cc1. The number of halogens is 1. The molecule has 0 aliphatic heterocycles. The van der Waals surface area contributed by atoms with Crippen LogP contribution in [0.25, 0.3) is 0 Å². The highest BCUT2D eigenvalue weighted by Crippen LogP contribution is 2.21. The highest BCUT2D eigenvalue weighted by molar-refractivity contribution is 6.20. The lowest BCUT2D eigenvalue weighted by Crippen LogP contribution is -2.32. The first kappa shape index (κ1) is 14.5. The van der Waals surface area contributed by atoms with Gasteiger partial charge in [0.25, 0.3) is 0 Å². The number of carbonyl (C=O) groups is 2. The molecule has 2 amide bonds. The first-order valence-corrected chi connectivity index (χ1v) is 6.13. The average Bonchev–Trinajstić information content (AvgIpc) is 2.31. The van der Waals surface area contributed by atoms with E-state index in [-0.39, 0.29) is 17.7 Å². The largest absolute Gasteiger partial charge is 0.326 e. The van der Waals surface area contributed by atoms with Crippen LogP contribution in [0.4, 0.5) is 11.4 Å². The van der Waals surface area contributed by atoms with Crippen LogP contribution in [0.2, 0.25) is 0 Å². The van der Waals surface area contributed by atoms with Crippen molar-refractivity contribution in [1.82, 2.24) is 0 Å². The van der Waals surface area contributed by atoms with E-state index in [1.54, 1.807) is 38.1 Å². The number of nitrogens with one attached hydrogen (secondary N) is 2. The summed E-state index contributed by atoms with van der Waals surface area (Å²) in [5.74, 6) is -0.0113. The Morgan fingerprint density at radius 3 is 1.94 bits per heavy atom. The molecule has 5 heteroatoms. The molecule has 0 fully saturated rings. The third kappa shape index (κ3) is 4.04. The Morgan fingerprint density at radius 1 is 1.11 bits per heavy atom. The lowest BCUT2D eigenvalue weighted by atomic mass is 9.95. The summed E-state index contributed by atoms with van der Waals surface area (Å²) in [5, 5.41) is 5.43. The standard InChI is InChI=1S/C13H17ClN2O2/c1-9(17)15-10-4-6-11(7-5-10)16-12(18)13(2,3)8-14/h4-7H,8H2,1-3H3,(H,15,17)(H,16,18). The van der Waals surface area contributed by atoms with Gasteiger partial charge in [-0.15, -0.1) is 11.6 Å². The van der Waals surface area contributed by atoms with Gasteiger partial charge in [0.15, 0.2) is 0 Å². The number of amides is 2. The van der Waals surface area contributed by atoms with Crippen molar-refractivity contribution in [2.45, 2.75) is 20.8 Å². The van der Waals surface area contributed by atoms with E-state index in [4.69, 9.17) is 11.6 Å². The Kier molecular flexibility index (Phi) is 4.73. The molecule has 1 aromatic rings. The fraction of sp³-hybridized carbons (Fsp3) is 0.385. The molecule has 98 valence electrons. The molecule has 1 rings (SSSR count). The Morgan fingerprint density at radius 2 is 1.56 bits per heavy atom. The maximum atomic E-state index is 11.9. The van der Waals surface area contributed by atoms with Crippen molar-refractivity contribution >= 4 is 34.8 Å². The van der Waals surface area contributed by atoms with Gasteiger partial charge in [0, 0.05) is 24.2 Å². The fourth-order valence-corrected chi connectivity index (χ4v) is 1.32. The number of carbonyl (C=O) groups excluding carboxylic acids is 2. The van der Waals surface area contributed by atoms with E-state index in [0.717, 1.165) is 0 Å². The maximum Gasteiger partial charge on any atom is 0.231 e. The number of hydrogen-bond acceptors (Lipinski definition) is 2. The lowest BCUT2D eigenvalue weighted by Gasteiger charge is -2.20. The third-order valence-electron chi connectivity index (χ3n) is 2.41. The number of alkyl halides is 1. The van der Waals surface area contributed by atoms with Crippen LogP contribution in [0.15, 0.2) is 24.3 Å². The summed E-state index contributed by atoms with van der Waals surface area (Å²) < 4.78 is 0. The van der Waals surface area contributed by atoms with Crippen LogP contribution >= 0.6 is 11.6 Å². The molecular formula is C13H17ClN2O2. The van der Waals surface area contributed by atoms with Crippen LogP contribution in [0.3, 0.4) is 0 Å². The molecule has 0 unspecified atom stereocenters. The van der Waals surface area contributed by atoms with Crippen molar-refractivity contribution in [3.05, 3.63) is 24.3 Å². The van der Waals surface area contributed by atoms with E-state index >= 15 is 0 Å². The van der Waals surface area contributed by atoms with Crippen LogP contribution < -0.4 is 10.6 Å². The molecule has 4 nitrogen and oxygen atoms in total. The minimum Gasteiger partial charge on any atom is -0.326 e. The second-order valence-corrected chi connectivity index (χ2v) is 5.00. The molecule has 0 spiro atoms. The third-order valence-corrected chi connectivity index (χ3v) is 3.08. The number of hydrogen-bond donors (Lipinski definition) is 2. The van der Waals surface area contributed by atoms with E-state index in [9.17, 15) is 9.59 Å². The predicted octanol–water partition coefficient (Wildman–Crippen LogP) is 2.85. The van der Waals surface area contributed by atoms with Gasteiger partial charge < -0.3 is 10.6 Å². The van der Waals surface area contributed by atoms with Crippen LogP contribution in [-0.2, 0) is 9.59 Å². The summed E-state index contributed by atoms with van der Waals surface area (Å²) in [6, 6.07) is 6.91. The van der Waals surface area contributed by atoms with Crippen molar-refractivity contribution < 1.29 is 9.59 Å². The van der Waals surface area contributed by atoms with Gasteiger partial charge in [-0.2, -0.15) is 0 Å². The first-order valence-electron chi connectivity index (χ1n) is 5.60. The van der Waals surface area contributed by atoms with E-state index in [0.29, 0.717) is 11.4 Å². The van der Waals surface area contributed by atoms with E-state index in [1.807, 2.05) is 0 Å². The molecule has 0 radical (unpaired) electrons. The normalized spacial score (nSPS) is 10.9. The highest BCUT2D eigenvalue weighted by Gasteiger charge is 2.26. The molecule has 1 aromatic carbocycles. The Bertz CT molecular complexity index is 441. The zero-order valence-corrected chi connectivity index (χ0v) is 11.5. The second kappa shape index (κ2) is 5.87. The lowest BCUT2D eigenvalue weighted by molar-refractivity contribution is -0.123. The molecule has 0 saturated heterocycles. The predicted molar refractivity (Wildman–Crippen MR) is 73.9 cm³/mol. The molecule has 0 aliphatic carbocycles. The molecule has 0 aliphatic rings. The molecule has 0 aromatic heterocycles. The average molecular weight is 269 g/mol. The molecule has 18 heavy (non-hydrogen) atoms. The Balaban J connectivity index is 2.69. The monoisotopic (exact) mass is 268 g/mol. The van der Waals surface area contributed by atoms with Gasteiger partial charge >= 0.3 is 0 Å². The first-order chi connectivity index (χ1) is 8.35. The minimum atomic E-state index is -0.613. The molecule has 0 heterocycles. The summed E-state index contributed by atoms with van der Waals surface area (Å²) in [6.07, 6.45) is 0. The topological polar surface area (TPSA) is 58.2 Å². The molecule has 2 N–H and O–H groups in total. The van der Waals surface area contributed by atoms with Crippen molar-refractivity contribution in [3.8, 4) is 0 Å². The number of benzene rings is 1. The Hall–Kier alpha value is -1.55. The summed E-state index contributed by atoms with van der Waals surface area (Å²) in [4.78, 5) is 22.7. The van der Waals surface area contributed by atoms with E-state index < -0.39 is 5.41 Å². The van der Waals surface area contributed by atoms with Gasteiger partial charge in [0.2, 0.25) is 11.8 Å². The zero-order valence-electron chi connectivity index (χ0n) is 10.7. The Labute approximate surface area is 112 Å². The van der Waals surface area contributed by atoms with Crippen LogP contribution in [0.1, 0.15) is 20.8 Å². The minimum absolute atomic E-state index is 0.130. The number of rotatable bonds is 4. The second-order valence-electron chi connectivity index (χ2n) is 4.73. The van der Waals surface area contributed by atoms with Gasteiger partial charge in [0.1, 0.15) is 0 Å². The van der Waals surface area contributed by atoms with Gasteiger partial charge in [-0.25, -0.2) is 0 Å². The number of anilines is 2. The van der Waals surface area contributed by atoms with Gasteiger partial charge in [0.05, 0.1) is 5.41 Å². The van der Waals surface area contributed by atoms with Crippen molar-refractivity contribution in [3.63, 3.8) is 0 Å². The van der Waals surface area contributed by atoms with Gasteiger partial charge in [-0.05, 0) is 38.1 Å².